The molecule has 1 aromatic heterocycles. The Hall–Kier alpha value is -4.13. The fraction of sp³-hybridized carbons (Fsp3) is 0.160. The molecule has 4 rings (SSSR count). The number of hydrogen-bond donors (Lipinski definition) is 1. The molecule has 32 heavy (non-hydrogen) atoms. The minimum atomic E-state index is -0.754. The molecule has 162 valence electrons. The van der Waals surface area contributed by atoms with Gasteiger partial charge in [0.2, 0.25) is 0 Å². The van der Waals surface area contributed by atoms with Crippen LogP contribution in [-0.2, 0) is 16.0 Å². The van der Waals surface area contributed by atoms with Crippen LogP contribution in [0, 0.1) is 0 Å². The third-order valence-electron chi connectivity index (χ3n) is 5.42. The van der Waals surface area contributed by atoms with Crippen molar-refractivity contribution in [3.8, 4) is 5.69 Å². The standard InChI is InChI=1S/C25H24N4O3/c1-4-17-7-9-20(10-8-17)29-24(31)22(23(30)26-25(29)32)16-21-6-5-15-28(21)19-13-11-18(12-14-19)27(2)3/h5-16H,4H2,1-3H3,(H,26,30,32)/b22-16+. The molecule has 3 aromatic rings. The third-order valence-corrected chi connectivity index (χ3v) is 5.42. The van der Waals surface area contributed by atoms with E-state index in [1.54, 1.807) is 12.1 Å². The number of benzene rings is 2. The summed E-state index contributed by atoms with van der Waals surface area (Å²) in [5, 5.41) is 2.27. The van der Waals surface area contributed by atoms with Crippen molar-refractivity contribution >= 4 is 35.3 Å². The highest BCUT2D eigenvalue weighted by Crippen LogP contribution is 2.24. The first kappa shape index (κ1) is 21.1. The zero-order chi connectivity index (χ0) is 22.8. The Bertz CT molecular complexity index is 1200. The fourth-order valence-electron chi connectivity index (χ4n) is 3.58. The van der Waals surface area contributed by atoms with Crippen LogP contribution < -0.4 is 15.1 Å². The monoisotopic (exact) mass is 428 g/mol. The second-order valence-corrected chi connectivity index (χ2v) is 7.69. The second kappa shape index (κ2) is 8.55. The summed E-state index contributed by atoms with van der Waals surface area (Å²) in [5.74, 6) is -1.36. The van der Waals surface area contributed by atoms with Crippen LogP contribution in [0.5, 0.6) is 0 Å². The molecular weight excluding hydrogens is 404 g/mol. The van der Waals surface area contributed by atoms with Crippen molar-refractivity contribution in [2.75, 3.05) is 23.9 Å². The van der Waals surface area contributed by atoms with Gasteiger partial charge in [-0.05, 0) is 66.6 Å². The van der Waals surface area contributed by atoms with Crippen LogP contribution in [0.4, 0.5) is 16.2 Å². The summed E-state index contributed by atoms with van der Waals surface area (Å²) in [7, 11) is 3.94. The van der Waals surface area contributed by atoms with Crippen LogP contribution in [0.1, 0.15) is 18.2 Å². The van der Waals surface area contributed by atoms with Gasteiger partial charge in [-0.2, -0.15) is 0 Å². The lowest BCUT2D eigenvalue weighted by Crippen LogP contribution is -2.54. The first-order valence-corrected chi connectivity index (χ1v) is 10.3. The SMILES string of the molecule is CCc1ccc(N2C(=O)NC(=O)/C(=C\c3cccn3-c3ccc(N(C)C)cc3)C2=O)cc1. The number of rotatable bonds is 5. The summed E-state index contributed by atoms with van der Waals surface area (Å²) in [6.45, 7) is 2.02. The van der Waals surface area contributed by atoms with E-state index in [0.29, 0.717) is 11.4 Å². The van der Waals surface area contributed by atoms with Gasteiger partial charge < -0.3 is 9.47 Å². The lowest BCUT2D eigenvalue weighted by molar-refractivity contribution is -0.122. The van der Waals surface area contributed by atoms with E-state index in [-0.39, 0.29) is 5.57 Å². The Morgan fingerprint density at radius 3 is 2.19 bits per heavy atom. The number of anilines is 2. The van der Waals surface area contributed by atoms with Gasteiger partial charge in [-0.1, -0.05) is 19.1 Å². The van der Waals surface area contributed by atoms with Crippen molar-refractivity contribution in [1.29, 1.82) is 0 Å². The maximum Gasteiger partial charge on any atom is 0.335 e. The van der Waals surface area contributed by atoms with Crippen molar-refractivity contribution in [2.24, 2.45) is 0 Å². The van der Waals surface area contributed by atoms with Crippen molar-refractivity contribution < 1.29 is 14.4 Å². The maximum absolute atomic E-state index is 13.2. The van der Waals surface area contributed by atoms with Crippen molar-refractivity contribution in [2.45, 2.75) is 13.3 Å². The number of nitrogens with zero attached hydrogens (tertiary/aromatic N) is 3. The number of nitrogens with one attached hydrogen (secondary N) is 1. The summed E-state index contributed by atoms with van der Waals surface area (Å²) < 4.78 is 1.88. The van der Waals surface area contributed by atoms with Gasteiger partial charge >= 0.3 is 6.03 Å². The van der Waals surface area contributed by atoms with E-state index < -0.39 is 17.8 Å². The van der Waals surface area contributed by atoms with Crippen LogP contribution >= 0.6 is 0 Å². The molecule has 1 aliphatic rings. The number of barbiturate groups is 1. The molecule has 0 saturated carbocycles. The number of carbonyl (C=O) groups excluding carboxylic acids is 3. The normalized spacial score (nSPS) is 15.3. The van der Waals surface area contributed by atoms with E-state index in [1.807, 2.05) is 85.2 Å². The summed E-state index contributed by atoms with van der Waals surface area (Å²) >= 11 is 0. The summed E-state index contributed by atoms with van der Waals surface area (Å²) in [6.07, 6.45) is 4.21. The molecule has 0 unspecified atom stereocenters. The predicted molar refractivity (Wildman–Crippen MR) is 125 cm³/mol. The van der Waals surface area contributed by atoms with Crippen LogP contribution in [0.3, 0.4) is 0 Å². The number of carbonyl (C=O) groups is 3. The molecule has 0 radical (unpaired) electrons. The third kappa shape index (κ3) is 3.92. The van der Waals surface area contributed by atoms with E-state index in [2.05, 4.69) is 5.32 Å². The number of urea groups is 1. The molecule has 1 saturated heterocycles. The molecule has 7 heteroatoms. The van der Waals surface area contributed by atoms with Crippen molar-refractivity contribution in [3.05, 3.63) is 83.7 Å². The quantitative estimate of drug-likeness (QED) is 0.496. The van der Waals surface area contributed by atoms with Crippen molar-refractivity contribution in [3.63, 3.8) is 0 Å². The number of hydrogen-bond acceptors (Lipinski definition) is 4. The topological polar surface area (TPSA) is 74.7 Å². The van der Waals surface area contributed by atoms with Crippen LogP contribution in [0.2, 0.25) is 0 Å². The number of imide groups is 2. The van der Waals surface area contributed by atoms with Gasteiger partial charge in [0.1, 0.15) is 5.57 Å². The van der Waals surface area contributed by atoms with E-state index in [0.717, 1.165) is 28.3 Å². The molecular formula is C25H24N4O3. The molecule has 7 nitrogen and oxygen atoms in total. The lowest BCUT2D eigenvalue weighted by atomic mass is 10.1. The maximum atomic E-state index is 13.2. The average molecular weight is 428 g/mol. The van der Waals surface area contributed by atoms with E-state index in [9.17, 15) is 14.4 Å². The Balaban J connectivity index is 1.69. The molecule has 0 bridgehead atoms. The van der Waals surface area contributed by atoms with Gasteiger partial charge in [0.15, 0.2) is 0 Å². The molecule has 0 aliphatic carbocycles. The highest BCUT2D eigenvalue weighted by molar-refractivity contribution is 6.39. The number of aromatic nitrogens is 1. The molecule has 0 atom stereocenters. The Kier molecular flexibility index (Phi) is 5.64. The predicted octanol–water partition coefficient (Wildman–Crippen LogP) is 3.77. The zero-order valence-electron chi connectivity index (χ0n) is 18.2. The fourth-order valence-corrected chi connectivity index (χ4v) is 3.58. The molecule has 4 amide bonds. The first-order chi connectivity index (χ1) is 15.4. The van der Waals surface area contributed by atoms with Gasteiger partial charge in [0.05, 0.1) is 5.69 Å². The smallest absolute Gasteiger partial charge is 0.335 e. The average Bonchev–Trinajstić information content (AvgIpc) is 3.25. The summed E-state index contributed by atoms with van der Waals surface area (Å²) in [4.78, 5) is 41.1. The van der Waals surface area contributed by atoms with Crippen LogP contribution in [0.25, 0.3) is 11.8 Å². The molecule has 2 heterocycles. The number of aryl methyl sites for hydroxylation is 1. The van der Waals surface area contributed by atoms with Gasteiger partial charge in [0, 0.05) is 37.4 Å². The molecule has 1 fully saturated rings. The van der Waals surface area contributed by atoms with E-state index in [1.165, 1.54) is 6.08 Å². The van der Waals surface area contributed by atoms with E-state index >= 15 is 0 Å². The van der Waals surface area contributed by atoms with E-state index in [4.69, 9.17) is 0 Å². The molecule has 0 spiro atoms. The van der Waals surface area contributed by atoms with Gasteiger partial charge in [-0.15, -0.1) is 0 Å². The molecule has 1 N–H and O–H groups in total. The zero-order valence-corrected chi connectivity index (χ0v) is 18.2. The van der Waals surface area contributed by atoms with Gasteiger partial charge in [-0.25, -0.2) is 9.69 Å². The highest BCUT2D eigenvalue weighted by atomic mass is 16.2. The number of amides is 4. The first-order valence-electron chi connectivity index (χ1n) is 10.3. The van der Waals surface area contributed by atoms with Crippen molar-refractivity contribution in [1.82, 2.24) is 9.88 Å². The summed E-state index contributed by atoms with van der Waals surface area (Å²) in [5.41, 5.74) is 4.00. The Labute approximate surface area is 186 Å². The minimum Gasteiger partial charge on any atom is -0.378 e. The van der Waals surface area contributed by atoms with Gasteiger partial charge in [0.25, 0.3) is 11.8 Å². The second-order valence-electron chi connectivity index (χ2n) is 7.69. The summed E-state index contributed by atoms with van der Waals surface area (Å²) in [6, 6.07) is 17.9. The van der Waals surface area contributed by atoms with Crippen LogP contribution in [-0.4, -0.2) is 36.5 Å². The highest BCUT2D eigenvalue weighted by Gasteiger charge is 2.37. The largest absolute Gasteiger partial charge is 0.378 e. The van der Waals surface area contributed by atoms with Crippen LogP contribution in [0.15, 0.2) is 72.4 Å². The molecule has 1 aliphatic heterocycles. The lowest BCUT2D eigenvalue weighted by Gasteiger charge is -2.26. The Morgan fingerprint density at radius 1 is 0.906 bits per heavy atom. The van der Waals surface area contributed by atoms with Gasteiger partial charge in [-0.3, -0.25) is 14.9 Å². The Morgan fingerprint density at radius 2 is 1.56 bits per heavy atom. The minimum absolute atomic E-state index is 0.103. The molecule has 2 aromatic carbocycles.